The van der Waals surface area contributed by atoms with Gasteiger partial charge in [0.1, 0.15) is 5.75 Å². The van der Waals surface area contributed by atoms with Crippen LogP contribution in [0.25, 0.3) is 22.6 Å². The van der Waals surface area contributed by atoms with Crippen LogP contribution >= 0.6 is 0 Å². The van der Waals surface area contributed by atoms with E-state index in [4.69, 9.17) is 13.6 Å². The Morgan fingerprint density at radius 1 is 1.28 bits per heavy atom. The van der Waals surface area contributed by atoms with E-state index in [1.807, 2.05) is 0 Å². The van der Waals surface area contributed by atoms with Crippen LogP contribution in [0.15, 0.2) is 50.2 Å². The summed E-state index contributed by atoms with van der Waals surface area (Å²) in [4.78, 5) is 16.1. The fraction of sp³-hybridized carbons (Fsp3) is 0.0769. The van der Waals surface area contributed by atoms with Crippen LogP contribution in [0.2, 0.25) is 0 Å². The summed E-state index contributed by atoms with van der Waals surface area (Å²) in [5, 5.41) is 0.408. The zero-order chi connectivity index (χ0) is 12.5. The number of furan rings is 1. The maximum atomic E-state index is 11.8. The number of nitrogens with zero attached hydrogens (tertiary/aromatic N) is 1. The van der Waals surface area contributed by atoms with Crippen LogP contribution in [0.5, 0.6) is 5.75 Å². The van der Waals surface area contributed by atoms with E-state index in [0.29, 0.717) is 22.4 Å². The molecule has 3 rings (SSSR count). The molecule has 0 aliphatic rings. The highest BCUT2D eigenvalue weighted by Crippen LogP contribution is 2.21. The summed E-state index contributed by atoms with van der Waals surface area (Å²) in [6.07, 6.45) is 1.49. The molecular formula is C13H9NO4. The van der Waals surface area contributed by atoms with E-state index in [0.717, 1.165) is 0 Å². The second-order valence-electron chi connectivity index (χ2n) is 3.67. The summed E-state index contributed by atoms with van der Waals surface area (Å²) in [5.74, 6) is 1.20. The first kappa shape index (κ1) is 10.6. The Kier molecular flexibility index (Phi) is 2.37. The molecule has 0 amide bonds. The number of fused-ring (bicyclic) bond motifs is 1. The number of aromatic nitrogens is 1. The molecule has 2 heterocycles. The van der Waals surface area contributed by atoms with E-state index in [1.165, 1.54) is 6.26 Å². The minimum atomic E-state index is -0.450. The summed E-state index contributed by atoms with van der Waals surface area (Å²) in [5.41, 5.74) is 0.0612. The second kappa shape index (κ2) is 4.03. The van der Waals surface area contributed by atoms with Gasteiger partial charge < -0.3 is 13.6 Å². The first-order valence-electron chi connectivity index (χ1n) is 5.31. The van der Waals surface area contributed by atoms with Crippen molar-refractivity contribution in [2.45, 2.75) is 0 Å². The van der Waals surface area contributed by atoms with Crippen molar-refractivity contribution in [2.24, 2.45) is 0 Å². The lowest BCUT2D eigenvalue weighted by Gasteiger charge is -2.02. The zero-order valence-corrected chi connectivity index (χ0v) is 9.54. The maximum Gasteiger partial charge on any atom is 0.347 e. The van der Waals surface area contributed by atoms with Crippen LogP contribution in [0, 0.1) is 0 Å². The van der Waals surface area contributed by atoms with Gasteiger partial charge in [0.25, 0.3) is 5.89 Å². The van der Waals surface area contributed by atoms with Gasteiger partial charge in [-0.25, -0.2) is 9.78 Å². The Balaban J connectivity index is 2.28. The zero-order valence-electron chi connectivity index (χ0n) is 9.54. The van der Waals surface area contributed by atoms with Crippen molar-refractivity contribution in [1.82, 2.24) is 4.98 Å². The van der Waals surface area contributed by atoms with Crippen LogP contribution < -0.4 is 10.4 Å². The molecule has 0 aliphatic heterocycles. The van der Waals surface area contributed by atoms with Gasteiger partial charge in [-0.3, -0.25) is 0 Å². The van der Waals surface area contributed by atoms with Gasteiger partial charge in [-0.2, -0.15) is 0 Å². The lowest BCUT2D eigenvalue weighted by molar-refractivity contribution is 0.415. The van der Waals surface area contributed by atoms with E-state index in [2.05, 4.69) is 4.98 Å². The SMILES string of the molecule is COc1ccc2c(=O)oc(-c3ccco3)nc2c1. The monoisotopic (exact) mass is 243 g/mol. The highest BCUT2D eigenvalue weighted by Gasteiger charge is 2.10. The molecule has 0 aliphatic carbocycles. The molecule has 1 aromatic carbocycles. The molecule has 0 spiro atoms. The minimum Gasteiger partial charge on any atom is -0.497 e. The van der Waals surface area contributed by atoms with Gasteiger partial charge in [-0.15, -0.1) is 0 Å². The Morgan fingerprint density at radius 3 is 2.89 bits per heavy atom. The van der Waals surface area contributed by atoms with E-state index in [-0.39, 0.29) is 5.89 Å². The predicted molar refractivity (Wildman–Crippen MR) is 64.5 cm³/mol. The minimum absolute atomic E-state index is 0.158. The fourth-order valence-corrected chi connectivity index (χ4v) is 1.68. The molecule has 0 saturated carbocycles. The quantitative estimate of drug-likeness (QED) is 0.691. The topological polar surface area (TPSA) is 65.5 Å². The van der Waals surface area contributed by atoms with Crippen molar-refractivity contribution >= 4 is 10.9 Å². The predicted octanol–water partition coefficient (Wildman–Crippen LogP) is 2.46. The first-order valence-corrected chi connectivity index (χ1v) is 5.31. The molecule has 18 heavy (non-hydrogen) atoms. The highest BCUT2D eigenvalue weighted by atomic mass is 16.5. The van der Waals surface area contributed by atoms with Crippen molar-refractivity contribution in [3.63, 3.8) is 0 Å². The average Bonchev–Trinajstić information content (AvgIpc) is 2.91. The number of hydrogen-bond acceptors (Lipinski definition) is 5. The smallest absolute Gasteiger partial charge is 0.347 e. The molecule has 90 valence electrons. The summed E-state index contributed by atoms with van der Waals surface area (Å²) < 4.78 is 15.4. The lowest BCUT2D eigenvalue weighted by Crippen LogP contribution is -2.02. The summed E-state index contributed by atoms with van der Waals surface area (Å²) in [7, 11) is 1.56. The summed E-state index contributed by atoms with van der Waals surface area (Å²) in [6, 6.07) is 8.37. The van der Waals surface area contributed by atoms with Crippen molar-refractivity contribution in [3.05, 3.63) is 47.0 Å². The van der Waals surface area contributed by atoms with Crippen molar-refractivity contribution < 1.29 is 13.6 Å². The van der Waals surface area contributed by atoms with E-state index < -0.39 is 5.63 Å². The molecule has 5 heteroatoms. The van der Waals surface area contributed by atoms with Gasteiger partial charge in [0, 0.05) is 6.07 Å². The number of ether oxygens (including phenoxy) is 1. The van der Waals surface area contributed by atoms with E-state index >= 15 is 0 Å². The lowest BCUT2D eigenvalue weighted by atomic mass is 10.2. The first-order chi connectivity index (χ1) is 8.78. The van der Waals surface area contributed by atoms with Gasteiger partial charge in [0.15, 0.2) is 5.76 Å². The normalized spacial score (nSPS) is 10.7. The van der Waals surface area contributed by atoms with Gasteiger partial charge in [0.2, 0.25) is 0 Å². The van der Waals surface area contributed by atoms with Gasteiger partial charge in [0.05, 0.1) is 24.3 Å². The van der Waals surface area contributed by atoms with E-state index in [9.17, 15) is 4.79 Å². The largest absolute Gasteiger partial charge is 0.497 e. The number of hydrogen-bond donors (Lipinski definition) is 0. The van der Waals surface area contributed by atoms with Crippen LogP contribution in [-0.2, 0) is 0 Å². The highest BCUT2D eigenvalue weighted by molar-refractivity contribution is 5.79. The number of rotatable bonds is 2. The molecule has 0 N–H and O–H groups in total. The van der Waals surface area contributed by atoms with Crippen molar-refractivity contribution in [2.75, 3.05) is 7.11 Å². The Morgan fingerprint density at radius 2 is 2.17 bits per heavy atom. The van der Waals surface area contributed by atoms with Gasteiger partial charge >= 0.3 is 5.63 Å². The maximum absolute atomic E-state index is 11.8. The molecular weight excluding hydrogens is 234 g/mol. The Labute approximate surface area is 102 Å². The standard InChI is InChI=1S/C13H9NO4/c1-16-8-4-5-9-10(7-8)14-12(18-13(9)15)11-3-2-6-17-11/h2-7H,1H3. The number of methoxy groups -OCH3 is 1. The third-order valence-corrected chi connectivity index (χ3v) is 2.57. The van der Waals surface area contributed by atoms with Crippen molar-refractivity contribution in [3.8, 4) is 17.4 Å². The van der Waals surface area contributed by atoms with Gasteiger partial charge in [-0.1, -0.05) is 0 Å². The van der Waals surface area contributed by atoms with Crippen molar-refractivity contribution in [1.29, 1.82) is 0 Å². The van der Waals surface area contributed by atoms with Crippen LogP contribution in [0.3, 0.4) is 0 Å². The number of benzene rings is 1. The summed E-state index contributed by atoms with van der Waals surface area (Å²) in [6.45, 7) is 0. The van der Waals surface area contributed by atoms with Crippen LogP contribution in [0.1, 0.15) is 0 Å². The third-order valence-electron chi connectivity index (χ3n) is 2.57. The molecule has 0 atom stereocenters. The molecule has 0 bridgehead atoms. The molecule has 5 nitrogen and oxygen atoms in total. The third kappa shape index (κ3) is 1.66. The Bertz CT molecular complexity index is 743. The van der Waals surface area contributed by atoms with E-state index in [1.54, 1.807) is 37.4 Å². The molecule has 0 saturated heterocycles. The Hall–Kier alpha value is -2.56. The van der Waals surface area contributed by atoms with Gasteiger partial charge in [-0.05, 0) is 24.3 Å². The summed E-state index contributed by atoms with van der Waals surface area (Å²) >= 11 is 0. The fourth-order valence-electron chi connectivity index (χ4n) is 1.68. The molecule has 0 unspecified atom stereocenters. The molecule has 0 fully saturated rings. The average molecular weight is 243 g/mol. The van der Waals surface area contributed by atoms with Crippen LogP contribution in [-0.4, -0.2) is 12.1 Å². The molecule has 3 aromatic rings. The molecule has 2 aromatic heterocycles. The second-order valence-corrected chi connectivity index (χ2v) is 3.67. The molecule has 0 radical (unpaired) electrons. The van der Waals surface area contributed by atoms with Crippen LogP contribution in [0.4, 0.5) is 0 Å².